The molecule has 2 aromatic rings. The minimum atomic E-state index is -4.25. The molecule has 0 spiro atoms. The van der Waals surface area contributed by atoms with Crippen LogP contribution in [0, 0.1) is 0 Å². The number of hydrogen-bond acceptors (Lipinski definition) is 5. The Bertz CT molecular complexity index is 1220. The molecule has 0 unspecified atom stereocenters. The van der Waals surface area contributed by atoms with Crippen molar-refractivity contribution in [3.8, 4) is 0 Å². The summed E-state index contributed by atoms with van der Waals surface area (Å²) in [6.45, 7) is 6.76. The first-order valence-electron chi connectivity index (χ1n) is 15.5. The van der Waals surface area contributed by atoms with E-state index in [2.05, 4.69) is 12.2 Å². The summed E-state index contributed by atoms with van der Waals surface area (Å²) in [6, 6.07) is 19.8. The van der Waals surface area contributed by atoms with Gasteiger partial charge >= 0.3 is 6.18 Å². The standard InChI is InChI=1S/C36H45F3O5/c1-35(2,3)44-34-23-22-31(41-26-28-16-10-7-11-17-28)33(43-34)19-13-5-4-12-18-32-30(40-25-27-14-8-6-9-15-27)21-20-29(42-32)24-36(37,38)39/h4-11,14-17,22-23,29-30,32-33H,12-13,18-21,24-26H2,1-3H3/b5-4-/t29-,30-,32+,33+/m0/s1. The number of benzene rings is 2. The Kier molecular flexibility index (Phi) is 12.4. The van der Waals surface area contributed by atoms with Crippen molar-refractivity contribution >= 4 is 0 Å². The minimum Gasteiger partial charge on any atom is -0.489 e. The van der Waals surface area contributed by atoms with Gasteiger partial charge in [-0.1, -0.05) is 72.8 Å². The number of alkyl halides is 3. The van der Waals surface area contributed by atoms with Crippen LogP contribution in [0.15, 0.2) is 96.7 Å². The van der Waals surface area contributed by atoms with Crippen LogP contribution in [0.3, 0.4) is 0 Å². The fourth-order valence-electron chi connectivity index (χ4n) is 5.25. The van der Waals surface area contributed by atoms with E-state index in [9.17, 15) is 13.2 Å². The number of hydrogen-bond donors (Lipinski definition) is 0. The third-order valence-electron chi connectivity index (χ3n) is 7.32. The monoisotopic (exact) mass is 614 g/mol. The highest BCUT2D eigenvalue weighted by Gasteiger charge is 2.38. The number of ether oxygens (including phenoxy) is 5. The highest BCUT2D eigenvalue weighted by molar-refractivity contribution is 5.19. The predicted octanol–water partition coefficient (Wildman–Crippen LogP) is 9.34. The highest BCUT2D eigenvalue weighted by Crippen LogP contribution is 2.33. The van der Waals surface area contributed by atoms with Crippen molar-refractivity contribution in [2.75, 3.05) is 0 Å². The predicted molar refractivity (Wildman–Crippen MR) is 164 cm³/mol. The van der Waals surface area contributed by atoms with E-state index < -0.39 is 30.4 Å². The molecule has 240 valence electrons. The zero-order valence-corrected chi connectivity index (χ0v) is 25.9. The molecule has 1 saturated heterocycles. The fraction of sp³-hybridized carbons (Fsp3) is 0.500. The van der Waals surface area contributed by atoms with E-state index in [1.807, 2.05) is 87.5 Å². The number of halogens is 3. The lowest BCUT2D eigenvalue weighted by molar-refractivity contribution is -0.198. The molecule has 0 amide bonds. The van der Waals surface area contributed by atoms with Crippen LogP contribution in [0.4, 0.5) is 13.2 Å². The van der Waals surface area contributed by atoms with Crippen molar-refractivity contribution < 1.29 is 36.9 Å². The second-order valence-corrected chi connectivity index (χ2v) is 12.3. The summed E-state index contributed by atoms with van der Waals surface area (Å²) in [7, 11) is 0. The van der Waals surface area contributed by atoms with Crippen molar-refractivity contribution in [3.63, 3.8) is 0 Å². The first-order valence-corrected chi connectivity index (χ1v) is 15.5. The molecule has 0 bridgehead atoms. The van der Waals surface area contributed by atoms with Gasteiger partial charge in [0.2, 0.25) is 0 Å². The molecule has 0 aliphatic carbocycles. The van der Waals surface area contributed by atoms with Gasteiger partial charge < -0.3 is 23.7 Å². The second kappa shape index (κ2) is 16.2. The normalized spacial score (nSPS) is 22.7. The first kappa shape index (κ1) is 33.7. The highest BCUT2D eigenvalue weighted by atomic mass is 19.4. The SMILES string of the molecule is CC(C)(C)OC1=CC=C(OCc2ccccc2)[C@@H](CC/C=C\CC[C@H]2O[C@H](CC(F)(F)F)CC[C@@H]2OCc2ccccc2)O1. The molecule has 2 heterocycles. The molecule has 4 atom stereocenters. The molecule has 8 heteroatoms. The van der Waals surface area contributed by atoms with Crippen molar-refractivity contribution in [3.05, 3.63) is 108 Å². The molecule has 0 N–H and O–H groups in total. The van der Waals surface area contributed by atoms with E-state index in [4.69, 9.17) is 23.7 Å². The molecule has 2 aliphatic rings. The maximum atomic E-state index is 13.1. The minimum absolute atomic E-state index is 0.244. The van der Waals surface area contributed by atoms with Gasteiger partial charge in [-0.25, -0.2) is 0 Å². The average Bonchev–Trinajstić information content (AvgIpc) is 2.97. The molecule has 0 radical (unpaired) electrons. The quantitative estimate of drug-likeness (QED) is 0.199. The summed E-state index contributed by atoms with van der Waals surface area (Å²) in [4.78, 5) is 0. The maximum Gasteiger partial charge on any atom is 0.391 e. The molecule has 0 aromatic heterocycles. The molecule has 2 aliphatic heterocycles. The van der Waals surface area contributed by atoms with Gasteiger partial charge in [0, 0.05) is 6.08 Å². The first-order chi connectivity index (χ1) is 21.0. The van der Waals surface area contributed by atoms with Crippen molar-refractivity contribution in [1.82, 2.24) is 0 Å². The average molecular weight is 615 g/mol. The van der Waals surface area contributed by atoms with Crippen LogP contribution in [0.25, 0.3) is 0 Å². The molecule has 4 rings (SSSR count). The smallest absolute Gasteiger partial charge is 0.391 e. The molecule has 0 saturated carbocycles. The Morgan fingerprint density at radius 2 is 1.45 bits per heavy atom. The van der Waals surface area contributed by atoms with E-state index in [0.29, 0.717) is 51.3 Å². The van der Waals surface area contributed by atoms with Crippen LogP contribution in [-0.2, 0) is 36.9 Å². The molecule has 1 fully saturated rings. The summed E-state index contributed by atoms with van der Waals surface area (Å²) in [5.74, 6) is 1.20. The van der Waals surface area contributed by atoms with Gasteiger partial charge in [-0.2, -0.15) is 13.2 Å². The van der Waals surface area contributed by atoms with Crippen LogP contribution in [0.1, 0.15) is 76.8 Å². The van der Waals surface area contributed by atoms with Gasteiger partial charge in [0.1, 0.15) is 18.0 Å². The van der Waals surface area contributed by atoms with Crippen molar-refractivity contribution in [2.24, 2.45) is 0 Å². The summed E-state index contributed by atoms with van der Waals surface area (Å²) < 4.78 is 69.6. The zero-order chi connectivity index (χ0) is 31.4. The van der Waals surface area contributed by atoms with Gasteiger partial charge in [0.05, 0.1) is 31.3 Å². The fourth-order valence-corrected chi connectivity index (χ4v) is 5.25. The van der Waals surface area contributed by atoms with Gasteiger partial charge in [0.25, 0.3) is 5.95 Å². The van der Waals surface area contributed by atoms with Crippen LogP contribution in [0.2, 0.25) is 0 Å². The maximum absolute atomic E-state index is 13.1. The Morgan fingerprint density at radius 1 is 0.818 bits per heavy atom. The van der Waals surface area contributed by atoms with Crippen LogP contribution in [-0.4, -0.2) is 36.2 Å². The van der Waals surface area contributed by atoms with Crippen LogP contribution in [0.5, 0.6) is 0 Å². The summed E-state index contributed by atoms with van der Waals surface area (Å²) in [6.07, 6.45) is 4.45. The summed E-state index contributed by atoms with van der Waals surface area (Å²) in [5, 5.41) is 0. The van der Waals surface area contributed by atoms with E-state index in [1.165, 1.54) is 0 Å². The lowest BCUT2D eigenvalue weighted by Gasteiger charge is -2.37. The second-order valence-electron chi connectivity index (χ2n) is 12.3. The number of rotatable bonds is 14. The summed E-state index contributed by atoms with van der Waals surface area (Å²) >= 11 is 0. The van der Waals surface area contributed by atoms with Gasteiger partial charge in [-0.3, -0.25) is 0 Å². The van der Waals surface area contributed by atoms with E-state index in [-0.39, 0.29) is 12.2 Å². The third-order valence-corrected chi connectivity index (χ3v) is 7.32. The molecular formula is C36H45F3O5. The number of allylic oxidation sites excluding steroid dienone is 4. The lowest BCUT2D eigenvalue weighted by Crippen LogP contribution is -2.41. The Labute approximate surface area is 259 Å². The van der Waals surface area contributed by atoms with Gasteiger partial charge in [0.15, 0.2) is 6.10 Å². The van der Waals surface area contributed by atoms with Crippen molar-refractivity contribution in [2.45, 2.75) is 115 Å². The Hall–Kier alpha value is -3.23. The molecular weight excluding hydrogens is 569 g/mol. The third kappa shape index (κ3) is 12.0. The lowest BCUT2D eigenvalue weighted by atomic mass is 9.96. The van der Waals surface area contributed by atoms with E-state index in [1.54, 1.807) is 6.08 Å². The van der Waals surface area contributed by atoms with Gasteiger partial charge in [-0.05, 0) is 76.5 Å². The van der Waals surface area contributed by atoms with Crippen LogP contribution < -0.4 is 0 Å². The van der Waals surface area contributed by atoms with Crippen LogP contribution >= 0.6 is 0 Å². The molecule has 5 nitrogen and oxygen atoms in total. The van der Waals surface area contributed by atoms with E-state index >= 15 is 0 Å². The largest absolute Gasteiger partial charge is 0.489 e. The molecule has 2 aromatic carbocycles. The Balaban J connectivity index is 1.29. The Morgan fingerprint density at radius 3 is 2.09 bits per heavy atom. The topological polar surface area (TPSA) is 46.2 Å². The molecule has 44 heavy (non-hydrogen) atoms. The van der Waals surface area contributed by atoms with Crippen molar-refractivity contribution in [1.29, 1.82) is 0 Å². The van der Waals surface area contributed by atoms with Gasteiger partial charge in [-0.15, -0.1) is 0 Å². The summed E-state index contributed by atoms with van der Waals surface area (Å²) in [5.41, 5.74) is 1.71. The zero-order valence-electron chi connectivity index (χ0n) is 25.9. The van der Waals surface area contributed by atoms with E-state index in [0.717, 1.165) is 23.3 Å².